The summed E-state index contributed by atoms with van der Waals surface area (Å²) in [4.78, 5) is 43.0. The van der Waals surface area contributed by atoms with E-state index >= 15 is 0 Å². The second-order valence-electron chi connectivity index (χ2n) is 12.4. The fourth-order valence-electron chi connectivity index (χ4n) is 6.97. The van der Waals surface area contributed by atoms with E-state index in [2.05, 4.69) is 17.1 Å². The van der Waals surface area contributed by atoms with Gasteiger partial charge in [0.1, 0.15) is 17.3 Å². The van der Waals surface area contributed by atoms with Crippen molar-refractivity contribution in [1.29, 1.82) is 0 Å². The normalized spacial score (nSPS) is 21.1. The molecule has 2 heterocycles. The van der Waals surface area contributed by atoms with Gasteiger partial charge in [-0.2, -0.15) is 0 Å². The predicted octanol–water partition coefficient (Wildman–Crippen LogP) is 5.01. The number of aromatic carboxylic acids is 1. The van der Waals surface area contributed by atoms with E-state index in [-0.39, 0.29) is 35.7 Å². The molecule has 0 radical (unpaired) electrons. The minimum atomic E-state index is -1.04. The molecule has 45 heavy (non-hydrogen) atoms. The Labute approximate surface area is 271 Å². The number of aliphatic hydroxyl groups is 1. The maximum atomic E-state index is 13.8. The first-order chi connectivity index (χ1) is 21.3. The average molecular weight is 644 g/mol. The lowest BCUT2D eigenvalue weighted by Gasteiger charge is -2.52. The van der Waals surface area contributed by atoms with Crippen molar-refractivity contribution in [2.75, 3.05) is 26.7 Å². The SMILES string of the molecule is CCCCN1C(=O)[C@@H](C(O)C2CCCCC2)NC(=O)C12CCN(Cc1ccc(Oc3ccc(C(=O)O)cc3OC)cc1)CC2.Cl. The number of nitrogens with one attached hydrogen (secondary N) is 1. The highest BCUT2D eigenvalue weighted by Gasteiger charge is 2.55. The van der Waals surface area contributed by atoms with Gasteiger partial charge in [0.05, 0.1) is 18.8 Å². The van der Waals surface area contributed by atoms with Crippen molar-refractivity contribution in [3.8, 4) is 17.2 Å². The topological polar surface area (TPSA) is 129 Å². The van der Waals surface area contributed by atoms with Crippen molar-refractivity contribution < 1.29 is 34.1 Å². The number of hydrogen-bond donors (Lipinski definition) is 3. The summed E-state index contributed by atoms with van der Waals surface area (Å²) in [5, 5.41) is 23.4. The molecule has 2 aromatic rings. The number of benzene rings is 2. The van der Waals surface area contributed by atoms with E-state index in [9.17, 15) is 24.6 Å². The molecule has 1 spiro atoms. The van der Waals surface area contributed by atoms with E-state index in [1.807, 2.05) is 29.2 Å². The zero-order valence-corrected chi connectivity index (χ0v) is 27.0. The molecular formula is C34H46ClN3O7. The number of carbonyl (C=O) groups is 3. The Morgan fingerprint density at radius 1 is 1.04 bits per heavy atom. The molecule has 1 saturated carbocycles. The third-order valence-electron chi connectivity index (χ3n) is 9.62. The minimum Gasteiger partial charge on any atom is -0.493 e. The number of carboxylic acids is 1. The van der Waals surface area contributed by atoms with Crippen LogP contribution < -0.4 is 14.8 Å². The first kappa shape index (κ1) is 34.5. The summed E-state index contributed by atoms with van der Waals surface area (Å²) in [5.41, 5.74) is 0.329. The number of piperazine rings is 1. The number of unbranched alkanes of at least 4 members (excludes halogenated alkanes) is 1. The van der Waals surface area contributed by atoms with Crippen LogP contribution >= 0.6 is 12.4 Å². The largest absolute Gasteiger partial charge is 0.493 e. The number of rotatable bonds is 11. The van der Waals surface area contributed by atoms with E-state index in [4.69, 9.17) is 9.47 Å². The number of carboxylic acid groups (broad SMARTS) is 1. The fourth-order valence-corrected chi connectivity index (χ4v) is 6.97. The van der Waals surface area contributed by atoms with Crippen molar-refractivity contribution in [2.24, 2.45) is 5.92 Å². The Bertz CT molecular complexity index is 1320. The van der Waals surface area contributed by atoms with Gasteiger partial charge < -0.3 is 29.9 Å². The van der Waals surface area contributed by atoms with Gasteiger partial charge in [0.2, 0.25) is 11.8 Å². The summed E-state index contributed by atoms with van der Waals surface area (Å²) >= 11 is 0. The lowest BCUT2D eigenvalue weighted by atomic mass is 9.78. The first-order valence-corrected chi connectivity index (χ1v) is 16.0. The van der Waals surface area contributed by atoms with Gasteiger partial charge in [-0.3, -0.25) is 14.5 Å². The Balaban J connectivity index is 0.00000461. The van der Waals surface area contributed by atoms with Gasteiger partial charge in [-0.1, -0.05) is 44.7 Å². The van der Waals surface area contributed by atoms with Gasteiger partial charge in [-0.25, -0.2) is 4.79 Å². The van der Waals surface area contributed by atoms with Crippen molar-refractivity contribution >= 4 is 30.2 Å². The summed E-state index contributed by atoms with van der Waals surface area (Å²) in [6.45, 7) is 4.65. The fraction of sp³-hybridized carbons (Fsp3) is 0.559. The summed E-state index contributed by atoms with van der Waals surface area (Å²) in [5.74, 6) is 0.123. The van der Waals surface area contributed by atoms with Crippen LogP contribution in [0.15, 0.2) is 42.5 Å². The number of likely N-dealkylation sites (tertiary alicyclic amines) is 1. The molecule has 5 rings (SSSR count). The number of amides is 2. The zero-order valence-electron chi connectivity index (χ0n) is 26.2. The quantitative estimate of drug-likeness (QED) is 0.312. The molecule has 11 heteroatoms. The molecule has 2 saturated heterocycles. The molecule has 1 aliphatic carbocycles. The molecule has 3 fully saturated rings. The summed E-state index contributed by atoms with van der Waals surface area (Å²) in [6.07, 6.45) is 7.07. The molecule has 2 aromatic carbocycles. The van der Waals surface area contributed by atoms with Crippen LogP contribution in [0.4, 0.5) is 0 Å². The van der Waals surface area contributed by atoms with Gasteiger partial charge in [0, 0.05) is 26.2 Å². The molecule has 3 aliphatic rings. The maximum Gasteiger partial charge on any atom is 0.335 e. The van der Waals surface area contributed by atoms with Crippen LogP contribution in [0.2, 0.25) is 0 Å². The third-order valence-corrected chi connectivity index (χ3v) is 9.62. The van der Waals surface area contributed by atoms with Crippen molar-refractivity contribution in [3.63, 3.8) is 0 Å². The number of nitrogens with zero attached hydrogens (tertiary/aromatic N) is 2. The second-order valence-corrected chi connectivity index (χ2v) is 12.4. The molecular weight excluding hydrogens is 598 g/mol. The average Bonchev–Trinajstić information content (AvgIpc) is 3.05. The van der Waals surface area contributed by atoms with E-state index in [0.717, 1.165) is 50.5 Å². The molecule has 246 valence electrons. The smallest absolute Gasteiger partial charge is 0.335 e. The second kappa shape index (κ2) is 15.3. The highest BCUT2D eigenvalue weighted by Crippen LogP contribution is 2.37. The van der Waals surface area contributed by atoms with E-state index in [1.165, 1.54) is 19.2 Å². The van der Waals surface area contributed by atoms with Gasteiger partial charge >= 0.3 is 5.97 Å². The Morgan fingerprint density at radius 2 is 1.73 bits per heavy atom. The number of aliphatic hydroxyl groups excluding tert-OH is 1. The molecule has 0 aromatic heterocycles. The summed E-state index contributed by atoms with van der Waals surface area (Å²) < 4.78 is 11.3. The van der Waals surface area contributed by atoms with Crippen molar-refractivity contribution in [2.45, 2.75) is 88.9 Å². The van der Waals surface area contributed by atoms with Crippen LogP contribution in [0, 0.1) is 5.92 Å². The van der Waals surface area contributed by atoms with Crippen molar-refractivity contribution in [1.82, 2.24) is 15.1 Å². The lowest BCUT2D eigenvalue weighted by molar-refractivity contribution is -0.166. The van der Waals surface area contributed by atoms with Crippen LogP contribution in [-0.2, 0) is 16.1 Å². The number of methoxy groups -OCH3 is 1. The van der Waals surface area contributed by atoms with Crippen LogP contribution in [0.5, 0.6) is 17.2 Å². The first-order valence-electron chi connectivity index (χ1n) is 16.0. The van der Waals surface area contributed by atoms with Gasteiger partial charge in [0.15, 0.2) is 11.5 Å². The highest BCUT2D eigenvalue weighted by atomic mass is 35.5. The predicted molar refractivity (Wildman–Crippen MR) is 172 cm³/mol. The van der Waals surface area contributed by atoms with E-state index in [1.54, 1.807) is 6.07 Å². The number of halogens is 1. The Morgan fingerprint density at radius 3 is 2.36 bits per heavy atom. The van der Waals surface area contributed by atoms with Gasteiger partial charge in [-0.15, -0.1) is 12.4 Å². The summed E-state index contributed by atoms with van der Waals surface area (Å²) in [7, 11) is 1.47. The monoisotopic (exact) mass is 643 g/mol. The summed E-state index contributed by atoms with van der Waals surface area (Å²) in [6, 6.07) is 11.3. The number of piperidine rings is 1. The molecule has 2 atom stereocenters. The van der Waals surface area contributed by atoms with Crippen LogP contribution in [0.1, 0.15) is 80.6 Å². The van der Waals surface area contributed by atoms with Crippen LogP contribution in [0.3, 0.4) is 0 Å². The van der Waals surface area contributed by atoms with E-state index in [0.29, 0.717) is 56.3 Å². The molecule has 1 unspecified atom stereocenters. The molecule has 2 aliphatic heterocycles. The molecule has 3 N–H and O–H groups in total. The van der Waals surface area contributed by atoms with Crippen molar-refractivity contribution in [3.05, 3.63) is 53.6 Å². The Kier molecular flexibility index (Phi) is 11.7. The lowest BCUT2D eigenvalue weighted by Crippen LogP contribution is -2.75. The third kappa shape index (κ3) is 7.56. The Hall–Kier alpha value is -3.34. The maximum absolute atomic E-state index is 13.8. The minimum absolute atomic E-state index is 0. The number of hydrogen-bond acceptors (Lipinski definition) is 7. The number of carbonyl (C=O) groups excluding carboxylic acids is 2. The van der Waals surface area contributed by atoms with Crippen LogP contribution in [0.25, 0.3) is 0 Å². The van der Waals surface area contributed by atoms with Gasteiger partial charge in [0.25, 0.3) is 0 Å². The zero-order chi connectivity index (χ0) is 31.3. The molecule has 0 bridgehead atoms. The van der Waals surface area contributed by atoms with Crippen LogP contribution in [-0.4, -0.2) is 82.2 Å². The standard InChI is InChI=1S/C34H45N3O7.ClH/c1-3-4-18-37-31(39)29(30(38)24-8-6-5-7-9-24)35-33(42)34(37)16-19-36(20-17-34)22-23-10-13-26(14-11-23)44-27-15-12-25(32(40)41)21-28(27)43-2;/h10-15,21,24,29-30,38H,3-9,16-20,22H2,1-2H3,(H,35,42)(H,40,41);1H/t29-,30?;/m1./s1. The van der Waals surface area contributed by atoms with Gasteiger partial charge in [-0.05, 0) is 73.9 Å². The number of ether oxygens (including phenoxy) is 2. The highest BCUT2D eigenvalue weighted by molar-refractivity contribution is 6.00. The molecule has 10 nitrogen and oxygen atoms in total. The molecule has 2 amide bonds. The van der Waals surface area contributed by atoms with E-state index < -0.39 is 23.7 Å².